The molecule has 0 radical (unpaired) electrons. The lowest BCUT2D eigenvalue weighted by Gasteiger charge is -2.71. The number of ether oxygens (including phenoxy) is 2. The Morgan fingerprint density at radius 2 is 1.55 bits per heavy atom. The van der Waals surface area contributed by atoms with Crippen LogP contribution >= 0.6 is 0 Å². The van der Waals surface area contributed by atoms with E-state index in [9.17, 15) is 55.5 Å². The molecular formula is C36H56O13. The summed E-state index contributed by atoms with van der Waals surface area (Å²) in [7, 11) is 0. The number of hydrogen-bond donors (Lipinski definition) is 9. The zero-order valence-corrected chi connectivity index (χ0v) is 29.2. The second-order valence-electron chi connectivity index (χ2n) is 17.4. The van der Waals surface area contributed by atoms with Crippen LogP contribution in [0.15, 0.2) is 11.6 Å². The maximum absolute atomic E-state index is 14.5. The van der Waals surface area contributed by atoms with Gasteiger partial charge in [-0.1, -0.05) is 32.4 Å². The van der Waals surface area contributed by atoms with Crippen LogP contribution < -0.4 is 0 Å². The monoisotopic (exact) mass is 696 g/mol. The van der Waals surface area contributed by atoms with E-state index in [2.05, 4.69) is 19.9 Å². The minimum atomic E-state index is -1.79. The minimum absolute atomic E-state index is 0.0935. The lowest BCUT2D eigenvalue weighted by molar-refractivity contribution is -0.299. The first-order chi connectivity index (χ1) is 22.7. The summed E-state index contributed by atoms with van der Waals surface area (Å²) in [6, 6.07) is 0. The lowest BCUT2D eigenvalue weighted by atomic mass is 9.33. The molecule has 1 heterocycles. The highest BCUT2D eigenvalue weighted by Crippen LogP contribution is 2.76. The Hall–Kier alpha value is -1.68. The van der Waals surface area contributed by atoms with Crippen molar-refractivity contribution in [2.75, 3.05) is 13.2 Å². The smallest absolute Gasteiger partial charge is 0.315 e. The molecule has 0 unspecified atom stereocenters. The maximum atomic E-state index is 14.5. The quantitative estimate of drug-likeness (QED) is 0.141. The van der Waals surface area contributed by atoms with Gasteiger partial charge in [0.2, 0.25) is 6.29 Å². The Balaban J connectivity index is 1.42. The van der Waals surface area contributed by atoms with Gasteiger partial charge in [0.05, 0.1) is 35.2 Å². The van der Waals surface area contributed by atoms with Crippen molar-refractivity contribution in [1.82, 2.24) is 0 Å². The molecule has 0 aromatic carbocycles. The second kappa shape index (κ2) is 11.9. The summed E-state index contributed by atoms with van der Waals surface area (Å²) >= 11 is 0. The summed E-state index contributed by atoms with van der Waals surface area (Å²) < 4.78 is 11.4. The van der Waals surface area contributed by atoms with Gasteiger partial charge >= 0.3 is 11.9 Å². The van der Waals surface area contributed by atoms with E-state index in [4.69, 9.17) is 9.47 Å². The van der Waals surface area contributed by atoms with E-state index >= 15 is 0 Å². The average Bonchev–Trinajstić information content (AvgIpc) is 3.03. The molecule has 9 N–H and O–H groups in total. The summed E-state index contributed by atoms with van der Waals surface area (Å²) in [4.78, 5) is 27.2. The molecule has 0 aromatic rings. The number of carbonyl (C=O) groups excluding carboxylic acids is 1. The number of esters is 1. The molecule has 49 heavy (non-hydrogen) atoms. The van der Waals surface area contributed by atoms with Crippen molar-refractivity contribution in [3.63, 3.8) is 0 Å². The average molecular weight is 697 g/mol. The van der Waals surface area contributed by atoms with Crippen molar-refractivity contribution < 1.29 is 65.0 Å². The number of allylic oxidation sites excluding steroid dienone is 1. The topological polar surface area (TPSA) is 235 Å². The fourth-order valence-corrected chi connectivity index (χ4v) is 12.5. The van der Waals surface area contributed by atoms with E-state index in [1.807, 2.05) is 6.92 Å². The second-order valence-corrected chi connectivity index (χ2v) is 17.4. The number of carboxylic acid groups (broad SMARTS) is 1. The minimum Gasteiger partial charge on any atom is -0.481 e. The van der Waals surface area contributed by atoms with E-state index < -0.39 is 112 Å². The number of carboxylic acids is 1. The van der Waals surface area contributed by atoms with E-state index in [1.54, 1.807) is 13.8 Å². The molecule has 6 rings (SSSR count). The highest BCUT2D eigenvalue weighted by Gasteiger charge is 2.73. The third-order valence-electron chi connectivity index (χ3n) is 15.6. The van der Waals surface area contributed by atoms with Crippen LogP contribution in [0, 0.1) is 50.7 Å². The zero-order valence-electron chi connectivity index (χ0n) is 29.2. The van der Waals surface area contributed by atoms with Crippen LogP contribution in [0.2, 0.25) is 0 Å². The zero-order chi connectivity index (χ0) is 36.3. The lowest BCUT2D eigenvalue weighted by Crippen LogP contribution is -2.70. The first-order valence-corrected chi connectivity index (χ1v) is 17.9. The number of fused-ring (bicyclic) bond motifs is 7. The number of aliphatic hydroxyl groups is 8. The van der Waals surface area contributed by atoms with E-state index in [-0.39, 0.29) is 31.8 Å². The van der Waals surface area contributed by atoms with E-state index in [0.717, 1.165) is 5.57 Å². The molecule has 13 heteroatoms. The molecule has 0 spiro atoms. The van der Waals surface area contributed by atoms with Gasteiger partial charge in [-0.2, -0.15) is 0 Å². The van der Waals surface area contributed by atoms with E-state index in [1.165, 1.54) is 0 Å². The molecule has 13 nitrogen and oxygen atoms in total. The fourth-order valence-electron chi connectivity index (χ4n) is 12.5. The molecule has 1 saturated heterocycles. The number of carbonyl (C=O) groups is 2. The normalized spacial score (nSPS) is 55.5. The van der Waals surface area contributed by atoms with Gasteiger partial charge in [-0.3, -0.25) is 9.59 Å². The van der Waals surface area contributed by atoms with Gasteiger partial charge < -0.3 is 55.4 Å². The fraction of sp³-hybridized carbons (Fsp3) is 0.889. The number of hydrogen-bond acceptors (Lipinski definition) is 12. The van der Waals surface area contributed by atoms with Crippen LogP contribution in [0.1, 0.15) is 86.0 Å². The Kier molecular flexibility index (Phi) is 9.03. The van der Waals surface area contributed by atoms with Gasteiger partial charge in [0.15, 0.2) is 0 Å². The van der Waals surface area contributed by atoms with Crippen molar-refractivity contribution in [2.45, 2.75) is 135 Å². The SMILES string of the molecule is C[C@@]1(O)[C@H](CO)CC[C@]2(C(=O)O[C@@H]3O[C@H](CO)[C@@H](O)[C@H](O)[C@H]3O)CC[C@]3(C)C(=CC[C@@H]4[C@@]5(C)C[C@@H](O)[C@H](O)[C@](C)(C(=O)O)[C@@H]5CC[C@]43C)[C@@H]21. The Morgan fingerprint density at radius 1 is 0.878 bits per heavy atom. The Labute approximate surface area is 286 Å². The molecule has 1 aliphatic heterocycles. The summed E-state index contributed by atoms with van der Waals surface area (Å²) in [5.74, 6) is -3.74. The molecular weight excluding hydrogens is 640 g/mol. The first kappa shape index (κ1) is 37.1. The van der Waals surface area contributed by atoms with Crippen molar-refractivity contribution in [2.24, 2.45) is 50.7 Å². The summed E-state index contributed by atoms with van der Waals surface area (Å²) in [6.07, 6.45) is -5.43. The van der Waals surface area contributed by atoms with Gasteiger partial charge in [0, 0.05) is 18.4 Å². The van der Waals surface area contributed by atoms with Gasteiger partial charge in [0.1, 0.15) is 24.4 Å². The summed E-state index contributed by atoms with van der Waals surface area (Å²) in [6.45, 7) is 8.58. The van der Waals surface area contributed by atoms with Crippen LogP contribution in [-0.4, -0.2) is 120 Å². The van der Waals surface area contributed by atoms with Crippen molar-refractivity contribution >= 4 is 11.9 Å². The van der Waals surface area contributed by atoms with Gasteiger partial charge in [-0.05, 0) is 93.3 Å². The molecule has 5 fully saturated rings. The predicted molar refractivity (Wildman–Crippen MR) is 171 cm³/mol. The third-order valence-corrected chi connectivity index (χ3v) is 15.6. The molecule has 278 valence electrons. The van der Waals surface area contributed by atoms with Crippen LogP contribution in [0.25, 0.3) is 0 Å². The Morgan fingerprint density at radius 3 is 2.16 bits per heavy atom. The summed E-state index contributed by atoms with van der Waals surface area (Å²) in [5, 5.41) is 96.4. The highest BCUT2D eigenvalue weighted by molar-refractivity contribution is 5.79. The van der Waals surface area contributed by atoms with Gasteiger partial charge in [0.25, 0.3) is 0 Å². The molecule has 5 aliphatic carbocycles. The van der Waals surface area contributed by atoms with Crippen molar-refractivity contribution in [1.29, 1.82) is 0 Å². The molecule has 0 amide bonds. The largest absolute Gasteiger partial charge is 0.481 e. The third kappa shape index (κ3) is 4.76. The van der Waals surface area contributed by atoms with Gasteiger partial charge in [-0.15, -0.1) is 0 Å². The maximum Gasteiger partial charge on any atom is 0.315 e. The van der Waals surface area contributed by atoms with Crippen LogP contribution in [0.3, 0.4) is 0 Å². The number of aliphatic hydroxyl groups excluding tert-OH is 7. The van der Waals surface area contributed by atoms with E-state index in [0.29, 0.717) is 32.1 Å². The molecule has 4 saturated carbocycles. The number of aliphatic carboxylic acids is 1. The first-order valence-electron chi connectivity index (χ1n) is 17.9. The van der Waals surface area contributed by atoms with Crippen molar-refractivity contribution in [3.8, 4) is 0 Å². The van der Waals surface area contributed by atoms with Crippen molar-refractivity contribution in [3.05, 3.63) is 11.6 Å². The van der Waals surface area contributed by atoms with Gasteiger partial charge in [-0.25, -0.2) is 0 Å². The summed E-state index contributed by atoms with van der Waals surface area (Å²) in [5.41, 5.74) is -5.24. The molecule has 0 bridgehead atoms. The van der Waals surface area contributed by atoms with Crippen LogP contribution in [0.5, 0.6) is 0 Å². The molecule has 6 aliphatic rings. The van der Waals surface area contributed by atoms with Crippen LogP contribution in [0.4, 0.5) is 0 Å². The highest BCUT2D eigenvalue weighted by atomic mass is 16.7. The number of rotatable bonds is 5. The molecule has 17 atom stereocenters. The van der Waals surface area contributed by atoms with Crippen LogP contribution in [-0.2, 0) is 19.1 Å². The Bertz CT molecular complexity index is 1370. The predicted octanol–water partition coefficient (Wildman–Crippen LogP) is 0.471. The standard InChI is InChI=1S/C36H56O13/c1-31-14-19(39)27(43)34(4,29(44)45)22(31)9-10-33(3)21(31)7-6-18-26-35(5,47)17(15-37)8-11-36(26,13-12-32(18,33)2)30(46)49-28-25(42)24(41)23(40)20(16-38)48-28/h6,17,19-28,37-43,47H,7-16H2,1-5H3,(H,44,45)/t17-,19+,20+,21+,22+,23+,24-,25+,26+,27-,28-,31+,32+,33+,34+,35+,36-/m0/s1. The molecule has 0 aromatic heterocycles.